The van der Waals surface area contributed by atoms with Crippen molar-refractivity contribution >= 4 is 0 Å². The molecule has 3 rings (SSSR count). The van der Waals surface area contributed by atoms with E-state index in [4.69, 9.17) is 0 Å². The number of unbranched alkanes of at least 4 members (excludes halogenated alkanes) is 3. The Bertz CT molecular complexity index is 546. The molecule has 0 radical (unpaired) electrons. The lowest BCUT2D eigenvalue weighted by Crippen LogP contribution is -2.25. The monoisotopic (exact) mass is 374 g/mol. The molecule has 0 aliphatic heterocycles. The molecule has 27 heavy (non-hydrogen) atoms. The summed E-state index contributed by atoms with van der Waals surface area (Å²) in [5, 5.41) is 0. The van der Waals surface area contributed by atoms with Crippen LogP contribution in [0.15, 0.2) is 36.7 Å². The van der Waals surface area contributed by atoms with Crippen LogP contribution in [0.5, 0.6) is 0 Å². The van der Waals surface area contributed by atoms with Gasteiger partial charge in [0.1, 0.15) is 5.82 Å². The maximum Gasteiger partial charge on any atom is 0.123 e. The predicted octanol–water partition coefficient (Wildman–Crippen LogP) is 8.34. The smallest absolute Gasteiger partial charge is 0.123 e. The minimum Gasteiger partial charge on any atom is -0.216 e. The van der Waals surface area contributed by atoms with E-state index >= 15 is 0 Å². The van der Waals surface area contributed by atoms with Crippen LogP contribution in [0.4, 0.5) is 8.78 Å². The molecular formula is C25H36F2. The van der Waals surface area contributed by atoms with Gasteiger partial charge in [-0.3, -0.25) is 0 Å². The van der Waals surface area contributed by atoms with Gasteiger partial charge < -0.3 is 0 Å². The van der Waals surface area contributed by atoms with E-state index in [0.717, 1.165) is 30.6 Å². The Morgan fingerprint density at radius 2 is 1.41 bits per heavy atom. The molecular weight excluding hydrogens is 338 g/mol. The summed E-state index contributed by atoms with van der Waals surface area (Å²) < 4.78 is 25.0. The van der Waals surface area contributed by atoms with E-state index in [9.17, 15) is 8.78 Å². The average molecular weight is 375 g/mol. The number of rotatable bonds is 8. The highest BCUT2D eigenvalue weighted by atomic mass is 19.1. The number of halogens is 2. The fourth-order valence-corrected chi connectivity index (χ4v) is 5.54. The van der Waals surface area contributed by atoms with E-state index in [0.29, 0.717) is 12.2 Å². The highest BCUT2D eigenvalue weighted by Crippen LogP contribution is 2.44. The summed E-state index contributed by atoms with van der Waals surface area (Å²) in [6, 6.07) is 7.19. The zero-order valence-corrected chi connectivity index (χ0v) is 16.7. The summed E-state index contributed by atoms with van der Waals surface area (Å²) in [7, 11) is 0. The van der Waals surface area contributed by atoms with Crippen LogP contribution in [0.1, 0.15) is 95.0 Å². The zero-order valence-electron chi connectivity index (χ0n) is 16.7. The number of hydrogen-bond donors (Lipinski definition) is 0. The first-order valence-corrected chi connectivity index (χ1v) is 11.3. The molecule has 0 spiro atoms. The summed E-state index contributed by atoms with van der Waals surface area (Å²) in [6.07, 6.45) is 19.3. The van der Waals surface area contributed by atoms with Crippen molar-refractivity contribution in [2.75, 3.05) is 0 Å². The van der Waals surface area contributed by atoms with Gasteiger partial charge in [-0.15, -0.1) is 0 Å². The van der Waals surface area contributed by atoms with Crippen molar-refractivity contribution in [3.8, 4) is 0 Å². The normalized spacial score (nSPS) is 29.3. The van der Waals surface area contributed by atoms with Crippen LogP contribution in [-0.2, 0) is 0 Å². The lowest BCUT2D eigenvalue weighted by Gasteiger charge is -2.38. The van der Waals surface area contributed by atoms with Crippen molar-refractivity contribution < 1.29 is 8.78 Å². The third-order valence-electron chi connectivity index (χ3n) is 7.24. The third kappa shape index (κ3) is 6.43. The SMILES string of the molecule is F/C=C/CCCCC[C@H]1CC[C@H](C2CCC(c3ccc(F)cc3)CC2)CC1. The first kappa shape index (κ1) is 20.6. The van der Waals surface area contributed by atoms with Gasteiger partial charge in [-0.25, -0.2) is 8.78 Å². The minimum atomic E-state index is -0.124. The fraction of sp³-hybridized carbons (Fsp3) is 0.680. The molecule has 1 aromatic carbocycles. The summed E-state index contributed by atoms with van der Waals surface area (Å²) in [5.74, 6) is 3.33. The van der Waals surface area contributed by atoms with Crippen molar-refractivity contribution in [3.63, 3.8) is 0 Å². The first-order chi connectivity index (χ1) is 13.3. The summed E-state index contributed by atoms with van der Waals surface area (Å²) >= 11 is 0. The molecule has 0 amide bonds. The molecule has 0 heterocycles. The Hall–Kier alpha value is -1.18. The molecule has 0 N–H and O–H groups in total. The Labute approximate surface area is 164 Å². The summed E-state index contributed by atoms with van der Waals surface area (Å²) in [4.78, 5) is 0. The van der Waals surface area contributed by atoms with E-state index in [1.807, 2.05) is 12.1 Å². The van der Waals surface area contributed by atoms with Gasteiger partial charge in [0, 0.05) is 0 Å². The molecule has 2 saturated carbocycles. The molecule has 0 bridgehead atoms. The Morgan fingerprint density at radius 1 is 0.778 bits per heavy atom. The van der Waals surface area contributed by atoms with Crippen molar-refractivity contribution in [2.24, 2.45) is 17.8 Å². The van der Waals surface area contributed by atoms with Gasteiger partial charge >= 0.3 is 0 Å². The standard InChI is InChI=1S/C25H36F2/c26-19-5-3-1-2-4-6-20-7-9-21(10-8-20)22-11-13-23(14-12-22)24-15-17-25(27)18-16-24/h5,15-23H,1-4,6-14H2/b19-5+/t20-,21-,22?,23?. The maximum atomic E-state index is 13.1. The second-order valence-electron chi connectivity index (χ2n) is 8.94. The predicted molar refractivity (Wildman–Crippen MR) is 110 cm³/mol. The van der Waals surface area contributed by atoms with E-state index in [-0.39, 0.29) is 5.82 Å². The lowest BCUT2D eigenvalue weighted by atomic mass is 9.68. The highest BCUT2D eigenvalue weighted by Gasteiger charge is 2.31. The summed E-state index contributed by atoms with van der Waals surface area (Å²) in [6.45, 7) is 0. The van der Waals surface area contributed by atoms with Crippen LogP contribution in [0.25, 0.3) is 0 Å². The first-order valence-electron chi connectivity index (χ1n) is 11.3. The molecule has 150 valence electrons. The lowest BCUT2D eigenvalue weighted by molar-refractivity contribution is 0.155. The number of benzene rings is 1. The van der Waals surface area contributed by atoms with Gasteiger partial charge in [0.25, 0.3) is 0 Å². The Morgan fingerprint density at radius 3 is 2.04 bits per heavy atom. The van der Waals surface area contributed by atoms with Crippen molar-refractivity contribution in [2.45, 2.75) is 89.4 Å². The topological polar surface area (TPSA) is 0 Å². The number of allylic oxidation sites excluding steroid dienone is 1. The molecule has 2 heteroatoms. The molecule has 0 aromatic heterocycles. The van der Waals surface area contributed by atoms with E-state index < -0.39 is 0 Å². The average Bonchev–Trinajstić information content (AvgIpc) is 2.72. The Balaban J connectivity index is 1.32. The van der Waals surface area contributed by atoms with E-state index in [1.54, 1.807) is 18.2 Å². The van der Waals surface area contributed by atoms with Crippen LogP contribution in [0, 0.1) is 23.6 Å². The molecule has 0 unspecified atom stereocenters. The van der Waals surface area contributed by atoms with Crippen LogP contribution in [0.2, 0.25) is 0 Å². The minimum absolute atomic E-state index is 0.124. The van der Waals surface area contributed by atoms with Crippen LogP contribution >= 0.6 is 0 Å². The van der Waals surface area contributed by atoms with Gasteiger partial charge in [-0.05, 0) is 92.7 Å². The molecule has 2 aliphatic carbocycles. The number of hydrogen-bond acceptors (Lipinski definition) is 0. The van der Waals surface area contributed by atoms with Crippen molar-refractivity contribution in [1.82, 2.24) is 0 Å². The van der Waals surface area contributed by atoms with E-state index in [2.05, 4.69) is 0 Å². The van der Waals surface area contributed by atoms with Crippen LogP contribution in [0.3, 0.4) is 0 Å². The molecule has 0 nitrogen and oxygen atoms in total. The second kappa shape index (κ2) is 11.0. The molecule has 2 fully saturated rings. The quantitative estimate of drug-likeness (QED) is 0.401. The fourth-order valence-electron chi connectivity index (χ4n) is 5.54. The Kier molecular flexibility index (Phi) is 8.35. The molecule has 2 aliphatic rings. The maximum absolute atomic E-state index is 13.1. The van der Waals surface area contributed by atoms with Crippen LogP contribution in [-0.4, -0.2) is 0 Å². The van der Waals surface area contributed by atoms with E-state index in [1.165, 1.54) is 76.2 Å². The third-order valence-corrected chi connectivity index (χ3v) is 7.24. The van der Waals surface area contributed by atoms with Gasteiger partial charge in [0.15, 0.2) is 0 Å². The molecule has 0 atom stereocenters. The molecule has 1 aromatic rings. The van der Waals surface area contributed by atoms with Crippen molar-refractivity contribution in [1.29, 1.82) is 0 Å². The second-order valence-corrected chi connectivity index (χ2v) is 8.94. The van der Waals surface area contributed by atoms with Gasteiger partial charge in [-0.2, -0.15) is 0 Å². The van der Waals surface area contributed by atoms with Gasteiger partial charge in [0.05, 0.1) is 6.33 Å². The van der Waals surface area contributed by atoms with Crippen LogP contribution < -0.4 is 0 Å². The van der Waals surface area contributed by atoms with Gasteiger partial charge in [0.2, 0.25) is 0 Å². The van der Waals surface area contributed by atoms with Gasteiger partial charge in [-0.1, -0.05) is 50.3 Å². The highest BCUT2D eigenvalue weighted by molar-refractivity contribution is 5.21. The molecule has 0 saturated heterocycles. The van der Waals surface area contributed by atoms with Crippen molar-refractivity contribution in [3.05, 3.63) is 48.1 Å². The largest absolute Gasteiger partial charge is 0.216 e. The summed E-state index contributed by atoms with van der Waals surface area (Å²) in [5.41, 5.74) is 1.33. The zero-order chi connectivity index (χ0) is 18.9.